The molecule has 0 unspecified atom stereocenters. The van der Waals surface area contributed by atoms with Crippen LogP contribution in [0.4, 0.5) is 5.82 Å². The summed E-state index contributed by atoms with van der Waals surface area (Å²) >= 11 is 0. The topological polar surface area (TPSA) is 186 Å². The number of aryl methyl sites for hydroxylation is 1. The maximum absolute atomic E-state index is 11.2. The number of hydrogen-bond acceptors (Lipinski definition) is 10. The zero-order valence-electron chi connectivity index (χ0n) is 22.1. The Labute approximate surface area is 231 Å². The molecule has 1 aliphatic heterocycles. The quantitative estimate of drug-likeness (QED) is 0.171. The van der Waals surface area contributed by atoms with Crippen LogP contribution in [0.2, 0.25) is 0 Å². The van der Waals surface area contributed by atoms with Crippen molar-refractivity contribution in [3.05, 3.63) is 60.7 Å². The first-order valence-corrected chi connectivity index (χ1v) is 13.5. The van der Waals surface area contributed by atoms with Crippen LogP contribution in [0.15, 0.2) is 55.1 Å². The molecule has 4 aromatic rings. The predicted octanol–water partition coefficient (Wildman–Crippen LogP) is 1.31. The molecule has 1 aliphatic rings. The molecule has 1 fully saturated rings. The van der Waals surface area contributed by atoms with Gasteiger partial charge < -0.3 is 36.4 Å². The molecular formula is C28H35N7O5. The molecule has 12 nitrogen and oxygen atoms in total. The summed E-state index contributed by atoms with van der Waals surface area (Å²) in [5.41, 5.74) is 13.7. The van der Waals surface area contributed by atoms with Crippen molar-refractivity contribution in [1.82, 2.24) is 24.4 Å². The Balaban J connectivity index is 1.27. The van der Waals surface area contributed by atoms with E-state index >= 15 is 0 Å². The van der Waals surface area contributed by atoms with Crippen LogP contribution in [-0.2, 0) is 16.0 Å². The van der Waals surface area contributed by atoms with Crippen LogP contribution in [-0.4, -0.2) is 89.7 Å². The third-order valence-corrected chi connectivity index (χ3v) is 7.54. The number of rotatable bonds is 12. The van der Waals surface area contributed by atoms with Gasteiger partial charge in [-0.15, -0.1) is 0 Å². The van der Waals surface area contributed by atoms with Crippen molar-refractivity contribution in [3.8, 4) is 0 Å². The van der Waals surface area contributed by atoms with Crippen LogP contribution in [0.1, 0.15) is 31.1 Å². The van der Waals surface area contributed by atoms with Crippen molar-refractivity contribution in [2.24, 2.45) is 5.73 Å². The van der Waals surface area contributed by atoms with Gasteiger partial charge in [0.25, 0.3) is 0 Å². The summed E-state index contributed by atoms with van der Waals surface area (Å²) in [6.07, 6.45) is 1.41. The van der Waals surface area contributed by atoms with Gasteiger partial charge in [0.2, 0.25) is 0 Å². The minimum absolute atomic E-state index is 0.213. The van der Waals surface area contributed by atoms with Crippen LogP contribution >= 0.6 is 0 Å². The van der Waals surface area contributed by atoms with Gasteiger partial charge in [0.05, 0.1) is 6.33 Å². The summed E-state index contributed by atoms with van der Waals surface area (Å²) in [6.45, 7) is 1.61. The Hall–Kier alpha value is -3.68. The second-order valence-electron chi connectivity index (χ2n) is 10.3. The lowest BCUT2D eigenvalue weighted by Crippen LogP contribution is -2.41. The standard InChI is InChI=1S/C28H35N7O5/c29-20(28(38)39)11-5-13-34(12-4-9-18-8-3-7-17-6-1-2-10-19(17)18)14-21-23(36)24(37)27(40-21)35-16-33-22-25(30)31-15-32-26(22)35/h1-3,6-8,10,15-16,20-21,23-24,27,36-37H,4-5,9,11-14,29H2,(H,38,39)(H2,30,31,32)/t20-,21+,23+,24+,27+/m0/s1. The van der Waals surface area contributed by atoms with E-state index in [-0.39, 0.29) is 5.82 Å². The number of carbonyl (C=O) groups is 1. The number of benzene rings is 2. The van der Waals surface area contributed by atoms with E-state index in [1.54, 1.807) is 4.57 Å². The first kappa shape index (κ1) is 27.9. The van der Waals surface area contributed by atoms with E-state index in [1.165, 1.54) is 29.0 Å². The molecule has 40 heavy (non-hydrogen) atoms. The molecule has 5 rings (SSSR count). The van der Waals surface area contributed by atoms with Crippen LogP contribution in [0.5, 0.6) is 0 Å². The van der Waals surface area contributed by atoms with Crippen molar-refractivity contribution in [1.29, 1.82) is 0 Å². The molecule has 1 saturated heterocycles. The molecule has 2 aromatic carbocycles. The van der Waals surface area contributed by atoms with Crippen molar-refractivity contribution in [2.75, 3.05) is 25.4 Å². The van der Waals surface area contributed by atoms with Crippen LogP contribution in [0.3, 0.4) is 0 Å². The molecule has 212 valence electrons. The van der Waals surface area contributed by atoms with Crippen molar-refractivity contribution in [2.45, 2.75) is 56.3 Å². The maximum Gasteiger partial charge on any atom is 0.320 e. The first-order chi connectivity index (χ1) is 19.3. The summed E-state index contributed by atoms with van der Waals surface area (Å²) in [5.74, 6) is -0.815. The number of anilines is 1. The zero-order valence-corrected chi connectivity index (χ0v) is 22.1. The summed E-state index contributed by atoms with van der Waals surface area (Å²) < 4.78 is 7.71. The lowest BCUT2D eigenvalue weighted by atomic mass is 10.0. The van der Waals surface area contributed by atoms with E-state index < -0.39 is 36.6 Å². The Bertz CT molecular complexity index is 1460. The van der Waals surface area contributed by atoms with Crippen molar-refractivity contribution < 1.29 is 24.9 Å². The van der Waals surface area contributed by atoms with Crippen LogP contribution in [0, 0.1) is 0 Å². The van der Waals surface area contributed by atoms with Gasteiger partial charge in [-0.05, 0) is 55.1 Å². The number of fused-ring (bicyclic) bond motifs is 2. The van der Waals surface area contributed by atoms with E-state index in [9.17, 15) is 15.0 Å². The van der Waals surface area contributed by atoms with Gasteiger partial charge in [-0.3, -0.25) is 9.36 Å². The number of carboxylic acids is 1. The molecule has 0 aliphatic carbocycles. The maximum atomic E-state index is 11.2. The van der Waals surface area contributed by atoms with Crippen molar-refractivity contribution >= 4 is 33.7 Å². The molecule has 0 amide bonds. The predicted molar refractivity (Wildman–Crippen MR) is 149 cm³/mol. The number of imidazole rings is 1. The molecule has 0 bridgehead atoms. The molecule has 0 saturated carbocycles. The molecule has 2 aromatic heterocycles. The van der Waals surface area contributed by atoms with E-state index in [0.29, 0.717) is 43.6 Å². The van der Waals surface area contributed by atoms with Gasteiger partial charge in [-0.25, -0.2) is 15.0 Å². The van der Waals surface area contributed by atoms with Crippen molar-refractivity contribution in [3.63, 3.8) is 0 Å². The summed E-state index contributed by atoms with van der Waals surface area (Å²) in [5, 5.41) is 33.4. The van der Waals surface area contributed by atoms with Gasteiger partial charge in [0.15, 0.2) is 17.7 Å². The monoisotopic (exact) mass is 549 g/mol. The SMILES string of the molecule is Nc1ncnc2c1ncn2[C@@H]1O[C@H](CN(CCCc2cccc3ccccc23)CCC[C@H](N)C(=O)O)[C@@H](O)[C@H]1O. The Kier molecular flexibility index (Phi) is 8.52. The summed E-state index contributed by atoms with van der Waals surface area (Å²) in [6, 6.07) is 13.6. The number of nitrogens with zero attached hydrogens (tertiary/aromatic N) is 5. The van der Waals surface area contributed by atoms with Crippen LogP contribution in [0.25, 0.3) is 21.9 Å². The molecule has 3 heterocycles. The Morgan fingerprint density at radius 2 is 1.82 bits per heavy atom. The number of aliphatic carboxylic acids is 1. The van der Waals surface area contributed by atoms with Gasteiger partial charge >= 0.3 is 5.97 Å². The fraction of sp³-hybridized carbons (Fsp3) is 0.429. The molecule has 5 atom stereocenters. The second kappa shape index (κ2) is 12.2. The highest BCUT2D eigenvalue weighted by molar-refractivity contribution is 5.85. The van der Waals surface area contributed by atoms with Crippen LogP contribution < -0.4 is 11.5 Å². The second-order valence-corrected chi connectivity index (χ2v) is 10.3. The lowest BCUT2D eigenvalue weighted by Gasteiger charge is -2.27. The van der Waals surface area contributed by atoms with E-state index in [0.717, 1.165) is 12.8 Å². The zero-order chi connectivity index (χ0) is 28.2. The fourth-order valence-corrected chi connectivity index (χ4v) is 5.38. The molecule has 7 N–H and O–H groups in total. The first-order valence-electron chi connectivity index (χ1n) is 13.5. The van der Waals surface area contributed by atoms with Gasteiger partial charge in [0.1, 0.15) is 36.2 Å². The average molecular weight is 550 g/mol. The number of hydrogen-bond donors (Lipinski definition) is 5. The van der Waals surface area contributed by atoms with Gasteiger partial charge in [-0.2, -0.15) is 0 Å². The highest BCUT2D eigenvalue weighted by Crippen LogP contribution is 2.32. The van der Waals surface area contributed by atoms with Gasteiger partial charge in [-0.1, -0.05) is 42.5 Å². The number of ether oxygens (including phenoxy) is 1. The third-order valence-electron chi connectivity index (χ3n) is 7.54. The van der Waals surface area contributed by atoms with E-state index in [2.05, 4.69) is 50.2 Å². The lowest BCUT2D eigenvalue weighted by molar-refractivity contribution is -0.138. The minimum atomic E-state index is -1.21. The Morgan fingerprint density at radius 3 is 2.65 bits per heavy atom. The number of nitrogen functional groups attached to an aromatic ring is 1. The smallest absolute Gasteiger partial charge is 0.320 e. The number of aromatic nitrogens is 4. The molecular weight excluding hydrogens is 514 g/mol. The number of nitrogens with two attached hydrogens (primary N) is 2. The highest BCUT2D eigenvalue weighted by Gasteiger charge is 2.44. The molecule has 0 spiro atoms. The number of aliphatic hydroxyl groups excluding tert-OH is 2. The van der Waals surface area contributed by atoms with Gasteiger partial charge in [0, 0.05) is 6.54 Å². The number of carboxylic acid groups (broad SMARTS) is 1. The average Bonchev–Trinajstić information content (AvgIpc) is 3.50. The van der Waals surface area contributed by atoms with E-state index in [1.807, 2.05) is 12.1 Å². The molecule has 12 heteroatoms. The summed E-state index contributed by atoms with van der Waals surface area (Å²) in [4.78, 5) is 25.7. The normalized spacial score (nSPS) is 21.9. The highest BCUT2D eigenvalue weighted by atomic mass is 16.6. The number of aliphatic hydroxyl groups is 2. The molecule has 0 radical (unpaired) electrons. The Morgan fingerprint density at radius 1 is 1.05 bits per heavy atom. The largest absolute Gasteiger partial charge is 0.480 e. The third kappa shape index (κ3) is 5.91. The van der Waals surface area contributed by atoms with E-state index in [4.69, 9.17) is 21.3 Å². The fourth-order valence-electron chi connectivity index (χ4n) is 5.38. The summed E-state index contributed by atoms with van der Waals surface area (Å²) in [7, 11) is 0. The minimum Gasteiger partial charge on any atom is -0.480 e.